The molecule has 2 aromatic rings. The Morgan fingerprint density at radius 1 is 0.900 bits per heavy atom. The molecule has 0 heterocycles. The Labute approximate surface area is 126 Å². The summed E-state index contributed by atoms with van der Waals surface area (Å²) in [7, 11) is 0. The number of hydrogen-bond donors (Lipinski definition) is 1. The van der Waals surface area contributed by atoms with E-state index in [0.717, 1.165) is 11.1 Å². The third-order valence-electron chi connectivity index (χ3n) is 3.31. The SMILES string of the molecule is CC(N[C@H](C)c1ccc(F)cc1)c1ccc(F)c(Br)c1. The molecular weight excluding hydrogens is 324 g/mol. The normalized spacial score (nSPS) is 14.1. The van der Waals surface area contributed by atoms with Crippen LogP contribution in [-0.4, -0.2) is 0 Å². The molecule has 0 radical (unpaired) electrons. The van der Waals surface area contributed by atoms with E-state index in [9.17, 15) is 8.78 Å². The van der Waals surface area contributed by atoms with E-state index in [1.54, 1.807) is 24.3 Å². The minimum absolute atomic E-state index is 0.0620. The lowest BCUT2D eigenvalue weighted by atomic mass is 10.0. The fraction of sp³-hybridized carbons (Fsp3) is 0.250. The van der Waals surface area contributed by atoms with Gasteiger partial charge in [0, 0.05) is 12.1 Å². The van der Waals surface area contributed by atoms with Crippen LogP contribution in [0.15, 0.2) is 46.9 Å². The van der Waals surface area contributed by atoms with Crippen molar-refractivity contribution in [2.24, 2.45) is 0 Å². The maximum absolute atomic E-state index is 13.2. The maximum Gasteiger partial charge on any atom is 0.137 e. The van der Waals surface area contributed by atoms with Gasteiger partial charge >= 0.3 is 0 Å². The number of hydrogen-bond acceptors (Lipinski definition) is 1. The van der Waals surface area contributed by atoms with Crippen LogP contribution in [0.25, 0.3) is 0 Å². The second kappa shape index (κ2) is 6.46. The van der Waals surface area contributed by atoms with E-state index in [-0.39, 0.29) is 23.7 Å². The van der Waals surface area contributed by atoms with Crippen LogP contribution in [0, 0.1) is 11.6 Å². The zero-order valence-electron chi connectivity index (χ0n) is 11.3. The fourth-order valence-corrected chi connectivity index (χ4v) is 2.50. The fourth-order valence-electron chi connectivity index (χ4n) is 2.10. The van der Waals surface area contributed by atoms with Gasteiger partial charge in [-0.25, -0.2) is 8.78 Å². The van der Waals surface area contributed by atoms with E-state index in [2.05, 4.69) is 21.2 Å². The van der Waals surface area contributed by atoms with Crippen LogP contribution in [-0.2, 0) is 0 Å². The number of halogens is 3. The van der Waals surface area contributed by atoms with Gasteiger partial charge in [-0.15, -0.1) is 0 Å². The zero-order valence-corrected chi connectivity index (χ0v) is 12.9. The Morgan fingerprint density at radius 2 is 1.45 bits per heavy atom. The van der Waals surface area contributed by atoms with Crippen LogP contribution >= 0.6 is 15.9 Å². The van der Waals surface area contributed by atoms with E-state index in [4.69, 9.17) is 0 Å². The van der Waals surface area contributed by atoms with Crippen LogP contribution in [0.2, 0.25) is 0 Å². The Kier molecular flexibility index (Phi) is 4.89. The summed E-state index contributed by atoms with van der Waals surface area (Å²) in [5.41, 5.74) is 2.01. The van der Waals surface area contributed by atoms with Gasteiger partial charge in [0.15, 0.2) is 0 Å². The highest BCUT2D eigenvalue weighted by molar-refractivity contribution is 9.10. The van der Waals surface area contributed by atoms with Crippen molar-refractivity contribution in [3.63, 3.8) is 0 Å². The first-order chi connectivity index (χ1) is 9.47. The van der Waals surface area contributed by atoms with Crippen molar-refractivity contribution >= 4 is 15.9 Å². The van der Waals surface area contributed by atoms with Gasteiger partial charge in [-0.3, -0.25) is 0 Å². The van der Waals surface area contributed by atoms with Crippen LogP contribution in [0.1, 0.15) is 37.1 Å². The molecule has 0 aliphatic carbocycles. The third-order valence-corrected chi connectivity index (χ3v) is 3.92. The summed E-state index contributed by atoms with van der Waals surface area (Å²) in [5.74, 6) is -0.510. The summed E-state index contributed by atoms with van der Waals surface area (Å²) in [6.45, 7) is 4.03. The summed E-state index contributed by atoms with van der Waals surface area (Å²) >= 11 is 3.19. The summed E-state index contributed by atoms with van der Waals surface area (Å²) in [6.07, 6.45) is 0. The van der Waals surface area contributed by atoms with Gasteiger partial charge in [-0.1, -0.05) is 18.2 Å². The molecule has 4 heteroatoms. The van der Waals surface area contributed by atoms with E-state index in [1.165, 1.54) is 18.2 Å². The Bertz CT molecular complexity index is 584. The quantitative estimate of drug-likeness (QED) is 0.813. The van der Waals surface area contributed by atoms with Gasteiger partial charge in [0.1, 0.15) is 11.6 Å². The van der Waals surface area contributed by atoms with Gasteiger partial charge in [-0.2, -0.15) is 0 Å². The zero-order chi connectivity index (χ0) is 14.7. The topological polar surface area (TPSA) is 12.0 Å². The molecule has 0 aromatic heterocycles. The monoisotopic (exact) mass is 339 g/mol. The molecule has 1 N–H and O–H groups in total. The van der Waals surface area contributed by atoms with Gasteiger partial charge in [0.05, 0.1) is 4.47 Å². The molecule has 20 heavy (non-hydrogen) atoms. The van der Waals surface area contributed by atoms with Crippen molar-refractivity contribution in [2.75, 3.05) is 0 Å². The van der Waals surface area contributed by atoms with Crippen LogP contribution in [0.5, 0.6) is 0 Å². The molecule has 0 fully saturated rings. The lowest BCUT2D eigenvalue weighted by Gasteiger charge is -2.21. The van der Waals surface area contributed by atoms with E-state index >= 15 is 0 Å². The average molecular weight is 340 g/mol. The van der Waals surface area contributed by atoms with Gasteiger partial charge in [-0.05, 0) is 65.2 Å². The molecule has 0 spiro atoms. The molecule has 0 aliphatic rings. The van der Waals surface area contributed by atoms with Crippen molar-refractivity contribution in [3.05, 3.63) is 69.7 Å². The predicted octanol–water partition coefficient (Wildman–Crippen LogP) is 5.14. The number of nitrogens with one attached hydrogen (secondary N) is 1. The minimum Gasteiger partial charge on any atom is -0.304 e. The molecule has 0 saturated carbocycles. The molecule has 0 saturated heterocycles. The molecular formula is C16H16BrF2N. The highest BCUT2D eigenvalue weighted by Crippen LogP contribution is 2.23. The molecule has 0 amide bonds. The highest BCUT2D eigenvalue weighted by Gasteiger charge is 2.12. The number of rotatable bonds is 4. The second-order valence-corrected chi connectivity index (χ2v) is 5.69. The summed E-state index contributed by atoms with van der Waals surface area (Å²) in [4.78, 5) is 0. The van der Waals surface area contributed by atoms with Crippen molar-refractivity contribution in [3.8, 4) is 0 Å². The average Bonchev–Trinajstić information content (AvgIpc) is 2.42. The van der Waals surface area contributed by atoms with Crippen molar-refractivity contribution in [1.29, 1.82) is 0 Å². The minimum atomic E-state index is -0.271. The van der Waals surface area contributed by atoms with Gasteiger partial charge in [0.25, 0.3) is 0 Å². The van der Waals surface area contributed by atoms with Gasteiger partial charge < -0.3 is 5.32 Å². The largest absolute Gasteiger partial charge is 0.304 e. The van der Waals surface area contributed by atoms with Crippen LogP contribution in [0.4, 0.5) is 8.78 Å². The molecule has 106 valence electrons. The van der Waals surface area contributed by atoms with Crippen molar-refractivity contribution in [1.82, 2.24) is 5.32 Å². The summed E-state index contributed by atoms with van der Waals surface area (Å²) in [6, 6.07) is 11.5. The standard InChI is InChI=1S/C16H16BrF2N/c1-10(12-3-6-14(18)7-4-12)20-11(2)13-5-8-16(19)15(17)9-13/h3-11,20H,1-2H3/t10-,11?/m1/s1. The van der Waals surface area contributed by atoms with Crippen LogP contribution in [0.3, 0.4) is 0 Å². The molecule has 2 aromatic carbocycles. The maximum atomic E-state index is 13.2. The molecule has 1 unspecified atom stereocenters. The first-order valence-electron chi connectivity index (χ1n) is 6.44. The lowest BCUT2D eigenvalue weighted by molar-refractivity contribution is 0.492. The van der Waals surface area contributed by atoms with E-state index < -0.39 is 0 Å². The Morgan fingerprint density at radius 3 is 2.05 bits per heavy atom. The third kappa shape index (κ3) is 3.64. The Hall–Kier alpha value is -1.26. The van der Waals surface area contributed by atoms with E-state index in [0.29, 0.717) is 4.47 Å². The van der Waals surface area contributed by atoms with Crippen molar-refractivity contribution in [2.45, 2.75) is 25.9 Å². The molecule has 0 aliphatic heterocycles. The first kappa shape index (κ1) is 15.1. The summed E-state index contributed by atoms with van der Waals surface area (Å²) < 4.78 is 26.6. The molecule has 2 rings (SSSR count). The number of benzene rings is 2. The second-order valence-electron chi connectivity index (χ2n) is 4.84. The summed E-state index contributed by atoms with van der Waals surface area (Å²) in [5, 5.41) is 3.41. The van der Waals surface area contributed by atoms with Crippen molar-refractivity contribution < 1.29 is 8.78 Å². The molecule has 0 bridgehead atoms. The Balaban J connectivity index is 2.08. The molecule has 1 nitrogen and oxygen atoms in total. The molecule has 2 atom stereocenters. The predicted molar refractivity (Wildman–Crippen MR) is 80.5 cm³/mol. The van der Waals surface area contributed by atoms with Gasteiger partial charge in [0.2, 0.25) is 0 Å². The van der Waals surface area contributed by atoms with Crippen LogP contribution < -0.4 is 5.32 Å². The van der Waals surface area contributed by atoms with E-state index in [1.807, 2.05) is 13.8 Å². The smallest absolute Gasteiger partial charge is 0.137 e. The first-order valence-corrected chi connectivity index (χ1v) is 7.23. The lowest BCUT2D eigenvalue weighted by Crippen LogP contribution is -2.22. The highest BCUT2D eigenvalue weighted by atomic mass is 79.9.